The third-order valence-corrected chi connectivity index (χ3v) is 8.24. The van der Waals surface area contributed by atoms with E-state index in [0.29, 0.717) is 19.6 Å². The first-order valence-electron chi connectivity index (χ1n) is 14.1. The molecule has 2 amide bonds. The number of hydrogen-bond acceptors (Lipinski definition) is 6. The van der Waals surface area contributed by atoms with E-state index >= 15 is 0 Å². The van der Waals surface area contributed by atoms with Crippen molar-refractivity contribution in [2.75, 3.05) is 31.6 Å². The number of carboxylic acid groups (broad SMARTS) is 1. The number of methoxy groups -OCH3 is 1. The summed E-state index contributed by atoms with van der Waals surface area (Å²) in [6.07, 6.45) is 15.9. The summed E-state index contributed by atoms with van der Waals surface area (Å²) in [6.45, 7) is 4.21. The summed E-state index contributed by atoms with van der Waals surface area (Å²) in [5.74, 6) is -0.939. The summed E-state index contributed by atoms with van der Waals surface area (Å²) in [5.41, 5.74) is 1.19. The lowest BCUT2D eigenvalue weighted by atomic mass is 10.1. The van der Waals surface area contributed by atoms with Crippen molar-refractivity contribution in [3.8, 4) is 10.4 Å². The van der Waals surface area contributed by atoms with Gasteiger partial charge in [-0.25, -0.2) is 14.6 Å². The highest BCUT2D eigenvalue weighted by molar-refractivity contribution is 7.18. The van der Waals surface area contributed by atoms with Gasteiger partial charge in [0.15, 0.2) is 5.13 Å². The van der Waals surface area contributed by atoms with Crippen molar-refractivity contribution in [3.05, 3.63) is 36.0 Å². The SMILES string of the molecule is CCCCCCCCCCCCCNC(=O)N[C@H]1CN(c2ncc(-c3ccc(C(=O)O)cc3)s2)C[C@@H]1OC. The second-order valence-corrected chi connectivity index (χ2v) is 11.1. The summed E-state index contributed by atoms with van der Waals surface area (Å²) >= 11 is 1.54. The number of aromatic nitrogens is 1. The maximum Gasteiger partial charge on any atom is 0.335 e. The van der Waals surface area contributed by atoms with Crippen LogP contribution in [0.3, 0.4) is 0 Å². The Labute approximate surface area is 231 Å². The fraction of sp³-hybridized carbons (Fsp3) is 0.621. The zero-order chi connectivity index (χ0) is 27.2. The minimum atomic E-state index is -0.939. The van der Waals surface area contributed by atoms with Gasteiger partial charge in [-0.2, -0.15) is 0 Å². The fourth-order valence-electron chi connectivity index (χ4n) is 4.84. The first kappa shape index (κ1) is 29.9. The molecule has 0 spiro atoms. The maximum atomic E-state index is 12.5. The van der Waals surface area contributed by atoms with E-state index in [9.17, 15) is 9.59 Å². The Kier molecular flexibility index (Phi) is 12.9. The van der Waals surface area contributed by atoms with Gasteiger partial charge in [0.2, 0.25) is 0 Å². The quantitative estimate of drug-likeness (QED) is 0.201. The number of nitrogens with zero attached hydrogens (tertiary/aromatic N) is 2. The lowest BCUT2D eigenvalue weighted by Crippen LogP contribution is -2.48. The largest absolute Gasteiger partial charge is 0.478 e. The van der Waals surface area contributed by atoms with Gasteiger partial charge in [-0.15, -0.1) is 0 Å². The lowest BCUT2D eigenvalue weighted by Gasteiger charge is -2.18. The third-order valence-electron chi connectivity index (χ3n) is 7.13. The molecule has 1 fully saturated rings. The van der Waals surface area contributed by atoms with Crippen LogP contribution in [0.25, 0.3) is 10.4 Å². The Balaban J connectivity index is 1.34. The molecular formula is C29H44N4O4S. The summed E-state index contributed by atoms with van der Waals surface area (Å²) in [6, 6.07) is 6.52. The van der Waals surface area contributed by atoms with Crippen molar-refractivity contribution >= 4 is 28.5 Å². The number of nitrogens with one attached hydrogen (secondary N) is 2. The molecule has 8 nitrogen and oxygen atoms in total. The molecule has 3 N–H and O–H groups in total. The molecule has 0 aliphatic carbocycles. The molecule has 1 saturated heterocycles. The number of ether oxygens (including phenoxy) is 1. The summed E-state index contributed by atoms with van der Waals surface area (Å²) in [5, 5.41) is 16.0. The van der Waals surface area contributed by atoms with Crippen molar-refractivity contribution in [1.82, 2.24) is 15.6 Å². The Morgan fingerprint density at radius 1 is 1.00 bits per heavy atom. The average Bonchev–Trinajstić information content (AvgIpc) is 3.57. The first-order chi connectivity index (χ1) is 18.5. The van der Waals surface area contributed by atoms with Gasteiger partial charge in [-0.1, -0.05) is 94.6 Å². The standard InChI is InChI=1S/C29H44N4O4S/c1-3-4-5-6-7-8-9-10-11-12-13-18-30-28(36)32-24-20-33(21-25(24)37-2)29-31-19-26(38-29)22-14-16-23(17-15-22)27(34)35/h14-17,19,24-25H,3-13,18,20-21H2,1-2H3,(H,34,35)(H2,30,32,36)/t24-,25-/m0/s1. The van der Waals surface area contributed by atoms with Gasteiger partial charge >= 0.3 is 12.0 Å². The molecule has 9 heteroatoms. The first-order valence-corrected chi connectivity index (χ1v) is 14.9. The van der Waals surface area contributed by atoms with E-state index in [1.54, 1.807) is 48.9 Å². The number of aromatic carboxylic acids is 1. The van der Waals surface area contributed by atoms with E-state index in [1.807, 2.05) is 0 Å². The van der Waals surface area contributed by atoms with Crippen LogP contribution < -0.4 is 15.5 Å². The molecule has 0 bridgehead atoms. The van der Waals surface area contributed by atoms with Gasteiger partial charge in [-0.3, -0.25) is 0 Å². The summed E-state index contributed by atoms with van der Waals surface area (Å²) < 4.78 is 5.66. The second-order valence-electron chi connectivity index (χ2n) is 10.1. The molecule has 3 rings (SSSR count). The van der Waals surface area contributed by atoms with E-state index in [2.05, 4.69) is 27.4 Å². The van der Waals surface area contributed by atoms with Crippen LogP contribution >= 0.6 is 11.3 Å². The van der Waals surface area contributed by atoms with Crippen LogP contribution in [0.2, 0.25) is 0 Å². The van der Waals surface area contributed by atoms with Gasteiger partial charge < -0.3 is 25.4 Å². The zero-order valence-corrected chi connectivity index (χ0v) is 23.7. The topological polar surface area (TPSA) is 104 Å². The second kappa shape index (κ2) is 16.3. The number of carbonyl (C=O) groups is 2. The van der Waals surface area contributed by atoms with Crippen molar-refractivity contribution in [2.45, 2.75) is 89.7 Å². The van der Waals surface area contributed by atoms with Gasteiger partial charge in [0.25, 0.3) is 0 Å². The molecule has 0 saturated carbocycles. The minimum absolute atomic E-state index is 0.120. The Morgan fingerprint density at radius 2 is 1.63 bits per heavy atom. The molecule has 1 aliphatic rings. The number of carboxylic acids is 1. The highest BCUT2D eigenvalue weighted by Gasteiger charge is 2.35. The average molecular weight is 545 g/mol. The van der Waals surface area contributed by atoms with Gasteiger partial charge in [0, 0.05) is 32.9 Å². The number of unbranched alkanes of at least 4 members (excludes halogenated alkanes) is 10. The fourth-order valence-corrected chi connectivity index (χ4v) is 5.78. The number of hydrogen-bond donors (Lipinski definition) is 3. The third kappa shape index (κ3) is 9.58. The molecule has 1 aliphatic heterocycles. The molecule has 210 valence electrons. The number of carbonyl (C=O) groups excluding carboxylic acids is 1. The minimum Gasteiger partial charge on any atom is -0.478 e. The van der Waals surface area contributed by atoms with E-state index in [1.165, 1.54) is 57.8 Å². The van der Waals surface area contributed by atoms with Crippen molar-refractivity contribution < 1.29 is 19.4 Å². The molecule has 1 aromatic carbocycles. The summed E-state index contributed by atoms with van der Waals surface area (Å²) in [4.78, 5) is 31.3. The van der Waals surface area contributed by atoms with Crippen LogP contribution in [0.1, 0.15) is 87.9 Å². The van der Waals surface area contributed by atoms with Gasteiger partial charge in [0.1, 0.15) is 0 Å². The molecule has 0 radical (unpaired) electrons. The van der Waals surface area contributed by atoms with Crippen molar-refractivity contribution in [2.24, 2.45) is 0 Å². The molecular weight excluding hydrogens is 500 g/mol. The number of anilines is 1. The Hall–Kier alpha value is -2.65. The van der Waals surface area contributed by atoms with Crippen LogP contribution in [0.5, 0.6) is 0 Å². The lowest BCUT2D eigenvalue weighted by molar-refractivity contribution is 0.0697. The zero-order valence-electron chi connectivity index (χ0n) is 22.9. The Morgan fingerprint density at radius 3 is 2.24 bits per heavy atom. The van der Waals surface area contributed by atoms with E-state index < -0.39 is 5.97 Å². The molecule has 2 atom stereocenters. The number of urea groups is 1. The molecule has 0 unspecified atom stereocenters. The predicted octanol–water partition coefficient (Wildman–Crippen LogP) is 6.32. The van der Waals surface area contributed by atoms with E-state index in [4.69, 9.17) is 9.84 Å². The van der Waals surface area contributed by atoms with E-state index in [-0.39, 0.29) is 23.7 Å². The van der Waals surface area contributed by atoms with Crippen LogP contribution in [-0.4, -0.2) is 61.0 Å². The number of thiazole rings is 1. The maximum absolute atomic E-state index is 12.5. The summed E-state index contributed by atoms with van der Waals surface area (Å²) in [7, 11) is 1.67. The van der Waals surface area contributed by atoms with Crippen LogP contribution in [0, 0.1) is 0 Å². The van der Waals surface area contributed by atoms with E-state index in [0.717, 1.165) is 28.4 Å². The molecule has 1 aromatic heterocycles. The highest BCUT2D eigenvalue weighted by Crippen LogP contribution is 2.33. The van der Waals surface area contributed by atoms with Crippen LogP contribution in [0.15, 0.2) is 30.5 Å². The van der Waals surface area contributed by atoms with Gasteiger partial charge in [-0.05, 0) is 24.1 Å². The molecule has 38 heavy (non-hydrogen) atoms. The van der Waals surface area contributed by atoms with Crippen LogP contribution in [0.4, 0.5) is 9.93 Å². The van der Waals surface area contributed by atoms with Gasteiger partial charge in [0.05, 0.1) is 22.6 Å². The molecule has 2 heterocycles. The number of rotatable bonds is 17. The normalized spacial score (nSPS) is 17.1. The van der Waals surface area contributed by atoms with Crippen LogP contribution in [-0.2, 0) is 4.74 Å². The smallest absolute Gasteiger partial charge is 0.335 e. The monoisotopic (exact) mass is 544 g/mol. The number of amides is 2. The number of benzene rings is 1. The molecule has 2 aromatic rings. The predicted molar refractivity (Wildman–Crippen MR) is 154 cm³/mol. The van der Waals surface area contributed by atoms with Crippen molar-refractivity contribution in [3.63, 3.8) is 0 Å². The highest BCUT2D eigenvalue weighted by atomic mass is 32.1. The Bertz CT molecular complexity index is 981. The van der Waals surface area contributed by atoms with Crippen molar-refractivity contribution in [1.29, 1.82) is 0 Å².